The van der Waals surface area contributed by atoms with Crippen molar-refractivity contribution in [3.05, 3.63) is 71.8 Å². The molecule has 0 spiro atoms. The molecule has 0 atom stereocenters. The van der Waals surface area contributed by atoms with Crippen LogP contribution in [0.4, 0.5) is 5.82 Å². The summed E-state index contributed by atoms with van der Waals surface area (Å²) >= 11 is 0. The third kappa shape index (κ3) is 4.18. The quantitative estimate of drug-likeness (QED) is 0.431. The van der Waals surface area contributed by atoms with Gasteiger partial charge in [-0.1, -0.05) is 12.1 Å². The Morgan fingerprint density at radius 2 is 1.89 bits per heavy atom. The van der Waals surface area contributed by atoms with Crippen LogP contribution in [-0.4, -0.2) is 61.3 Å². The van der Waals surface area contributed by atoms with Gasteiger partial charge >= 0.3 is 0 Å². The normalized spacial score (nSPS) is 17.5. The Bertz CT molecular complexity index is 1550. The van der Waals surface area contributed by atoms with Gasteiger partial charge in [-0.3, -0.25) is 4.79 Å². The SMILES string of the molecule is Cc1cccc(-n2nc(C3CCN(S(=O)(=O)C4CC4)CC3)cc2NC(=O)c2cnn3cccnc23)c1. The molecule has 11 heteroatoms. The molecule has 1 amide bonds. The lowest BCUT2D eigenvalue weighted by atomic mass is 9.95. The number of carbonyl (C=O) groups excluding carboxylic acids is 1. The summed E-state index contributed by atoms with van der Waals surface area (Å²) in [6.07, 6.45) is 7.80. The number of fused-ring (bicyclic) bond motifs is 1. The van der Waals surface area contributed by atoms with Gasteiger partial charge in [0.25, 0.3) is 5.91 Å². The number of amides is 1. The molecule has 0 unspecified atom stereocenters. The minimum absolute atomic E-state index is 0.107. The summed E-state index contributed by atoms with van der Waals surface area (Å²) in [6, 6.07) is 11.6. The van der Waals surface area contributed by atoms with Gasteiger partial charge in [-0.2, -0.15) is 10.2 Å². The molecule has 6 rings (SSSR count). The Morgan fingerprint density at radius 3 is 2.64 bits per heavy atom. The third-order valence-electron chi connectivity index (χ3n) is 6.92. The van der Waals surface area contributed by atoms with Crippen LogP contribution in [-0.2, 0) is 10.0 Å². The second kappa shape index (κ2) is 8.82. The molecule has 1 saturated heterocycles. The molecule has 3 aromatic heterocycles. The largest absolute Gasteiger partial charge is 0.306 e. The lowest BCUT2D eigenvalue weighted by Gasteiger charge is -2.30. The fraction of sp³-hybridized carbons (Fsp3) is 0.360. The van der Waals surface area contributed by atoms with Gasteiger partial charge in [0, 0.05) is 37.5 Å². The van der Waals surface area contributed by atoms with Crippen LogP contribution in [0.3, 0.4) is 0 Å². The standard InChI is InChI=1S/C25H27N7O3S/c1-17-4-2-5-19(14-17)32-23(28-25(33)21-16-27-31-11-3-10-26-24(21)31)15-22(29-32)18-8-12-30(13-9-18)36(34,35)20-6-7-20/h2-5,10-11,14-16,18,20H,6-9,12-13H2,1H3,(H,28,33). The summed E-state index contributed by atoms with van der Waals surface area (Å²) in [5.74, 6) is 0.328. The molecule has 4 heterocycles. The summed E-state index contributed by atoms with van der Waals surface area (Å²) < 4.78 is 30.2. The fourth-order valence-electron chi connectivity index (χ4n) is 4.80. The van der Waals surface area contributed by atoms with E-state index in [1.54, 1.807) is 32.0 Å². The van der Waals surface area contributed by atoms with E-state index < -0.39 is 10.0 Å². The van der Waals surface area contributed by atoms with Crippen LogP contribution in [0.1, 0.15) is 53.2 Å². The molecule has 186 valence electrons. The van der Waals surface area contributed by atoms with E-state index in [1.807, 2.05) is 37.3 Å². The Balaban J connectivity index is 1.29. The maximum atomic E-state index is 13.2. The number of aromatic nitrogens is 5. The summed E-state index contributed by atoms with van der Waals surface area (Å²) in [7, 11) is -3.17. The molecule has 2 aliphatic rings. The fourth-order valence-corrected chi connectivity index (χ4v) is 6.67. The van der Waals surface area contributed by atoms with Crippen molar-refractivity contribution in [2.45, 2.75) is 43.8 Å². The third-order valence-corrected chi connectivity index (χ3v) is 9.32. The van der Waals surface area contributed by atoms with Crippen molar-refractivity contribution in [1.29, 1.82) is 0 Å². The second-order valence-corrected chi connectivity index (χ2v) is 11.7. The van der Waals surface area contributed by atoms with E-state index in [-0.39, 0.29) is 17.1 Å². The van der Waals surface area contributed by atoms with Gasteiger partial charge < -0.3 is 5.32 Å². The first-order valence-electron chi connectivity index (χ1n) is 12.2. The van der Waals surface area contributed by atoms with E-state index in [1.165, 1.54) is 6.20 Å². The molecule has 0 bridgehead atoms. The number of nitrogens with zero attached hydrogens (tertiary/aromatic N) is 6. The zero-order chi connectivity index (χ0) is 24.9. The number of nitrogens with one attached hydrogen (secondary N) is 1. The first-order chi connectivity index (χ1) is 17.4. The maximum absolute atomic E-state index is 13.2. The average Bonchev–Trinajstić information content (AvgIpc) is 3.54. The number of benzene rings is 1. The molecule has 1 saturated carbocycles. The maximum Gasteiger partial charge on any atom is 0.262 e. The minimum Gasteiger partial charge on any atom is -0.306 e. The molecule has 1 aliphatic carbocycles. The zero-order valence-electron chi connectivity index (χ0n) is 19.9. The summed E-state index contributed by atoms with van der Waals surface area (Å²) in [4.78, 5) is 17.5. The van der Waals surface area contributed by atoms with Gasteiger partial charge in [0.15, 0.2) is 5.65 Å². The van der Waals surface area contributed by atoms with Crippen LogP contribution < -0.4 is 5.32 Å². The Hall–Kier alpha value is -3.57. The number of hydrogen-bond acceptors (Lipinski definition) is 6. The lowest BCUT2D eigenvalue weighted by Crippen LogP contribution is -2.39. The van der Waals surface area contributed by atoms with Gasteiger partial charge in [-0.15, -0.1) is 0 Å². The number of piperidine rings is 1. The van der Waals surface area contributed by atoms with Gasteiger partial charge in [0.05, 0.1) is 22.8 Å². The van der Waals surface area contributed by atoms with Crippen molar-refractivity contribution >= 4 is 27.4 Å². The van der Waals surface area contributed by atoms with Crippen LogP contribution in [0.5, 0.6) is 0 Å². The Kier molecular flexibility index (Phi) is 5.60. The van der Waals surface area contributed by atoms with E-state index in [0.29, 0.717) is 43.0 Å². The van der Waals surface area contributed by atoms with E-state index in [9.17, 15) is 13.2 Å². The smallest absolute Gasteiger partial charge is 0.262 e. The predicted molar refractivity (Wildman–Crippen MR) is 135 cm³/mol. The molecule has 36 heavy (non-hydrogen) atoms. The predicted octanol–water partition coefficient (Wildman–Crippen LogP) is 3.15. The van der Waals surface area contributed by atoms with Gasteiger partial charge in [0.2, 0.25) is 10.0 Å². The lowest BCUT2D eigenvalue weighted by molar-refractivity contribution is 0.102. The zero-order valence-corrected chi connectivity index (χ0v) is 20.7. The molecule has 1 aliphatic heterocycles. The number of anilines is 1. The van der Waals surface area contributed by atoms with Gasteiger partial charge in [-0.05, 0) is 56.4 Å². The minimum atomic E-state index is -3.17. The molecule has 4 aromatic rings. The highest BCUT2D eigenvalue weighted by atomic mass is 32.2. The van der Waals surface area contributed by atoms with Crippen LogP contribution >= 0.6 is 0 Å². The van der Waals surface area contributed by atoms with Crippen LogP contribution in [0.15, 0.2) is 55.0 Å². The molecular formula is C25H27N7O3S. The number of rotatable bonds is 6. The monoisotopic (exact) mass is 505 g/mol. The van der Waals surface area contributed by atoms with Crippen molar-refractivity contribution in [2.75, 3.05) is 18.4 Å². The molecule has 2 fully saturated rings. The molecule has 0 radical (unpaired) electrons. The van der Waals surface area contributed by atoms with E-state index >= 15 is 0 Å². The van der Waals surface area contributed by atoms with Gasteiger partial charge in [-0.25, -0.2) is 26.9 Å². The van der Waals surface area contributed by atoms with Gasteiger partial charge in [0.1, 0.15) is 11.4 Å². The highest BCUT2D eigenvalue weighted by molar-refractivity contribution is 7.90. The molecule has 10 nitrogen and oxygen atoms in total. The van der Waals surface area contributed by atoms with E-state index in [0.717, 1.165) is 29.8 Å². The summed E-state index contributed by atoms with van der Waals surface area (Å²) in [6.45, 7) is 3.00. The molecular weight excluding hydrogens is 478 g/mol. The number of aryl methyl sites for hydroxylation is 1. The van der Waals surface area contributed by atoms with Crippen molar-refractivity contribution < 1.29 is 13.2 Å². The molecule has 1 aromatic carbocycles. The number of hydrogen-bond donors (Lipinski definition) is 1. The van der Waals surface area contributed by atoms with Crippen molar-refractivity contribution in [1.82, 2.24) is 28.7 Å². The first-order valence-corrected chi connectivity index (χ1v) is 13.7. The second-order valence-electron chi connectivity index (χ2n) is 9.52. The van der Waals surface area contributed by atoms with Crippen molar-refractivity contribution in [2.24, 2.45) is 0 Å². The summed E-state index contributed by atoms with van der Waals surface area (Å²) in [5.41, 5.74) is 3.60. The number of carbonyl (C=O) groups is 1. The van der Waals surface area contributed by atoms with Crippen LogP contribution in [0.2, 0.25) is 0 Å². The highest BCUT2D eigenvalue weighted by Crippen LogP contribution is 2.36. The van der Waals surface area contributed by atoms with Crippen LogP contribution in [0.25, 0.3) is 11.3 Å². The average molecular weight is 506 g/mol. The summed E-state index contributed by atoms with van der Waals surface area (Å²) in [5, 5.41) is 11.9. The molecule has 1 N–H and O–H groups in total. The van der Waals surface area contributed by atoms with E-state index in [2.05, 4.69) is 15.4 Å². The van der Waals surface area contributed by atoms with Crippen molar-refractivity contribution in [3.8, 4) is 5.69 Å². The Labute approximate surface area is 209 Å². The van der Waals surface area contributed by atoms with Crippen molar-refractivity contribution in [3.63, 3.8) is 0 Å². The first kappa shape index (κ1) is 22.9. The Morgan fingerprint density at radius 1 is 1.08 bits per heavy atom. The topological polar surface area (TPSA) is 114 Å². The van der Waals surface area contributed by atoms with Crippen LogP contribution in [0, 0.1) is 6.92 Å². The number of sulfonamides is 1. The highest BCUT2D eigenvalue weighted by Gasteiger charge is 2.41. The van der Waals surface area contributed by atoms with E-state index in [4.69, 9.17) is 5.10 Å².